The number of anilines is 1. The molecule has 2 atom stereocenters. The van der Waals surface area contributed by atoms with Crippen molar-refractivity contribution in [1.82, 2.24) is 15.2 Å². The Balaban J connectivity index is 2.10. The number of rotatable bonds is 2. The van der Waals surface area contributed by atoms with Gasteiger partial charge in [0.25, 0.3) is 5.56 Å². The van der Waals surface area contributed by atoms with E-state index < -0.39 is 11.2 Å². The van der Waals surface area contributed by atoms with E-state index in [2.05, 4.69) is 34.3 Å². The molecule has 0 spiro atoms. The number of hydrogen-bond acceptors (Lipinski definition) is 4. The molecule has 0 aromatic carbocycles. The molecular weight excluding hydrogens is 220 g/mol. The summed E-state index contributed by atoms with van der Waals surface area (Å²) in [6, 6.07) is 0.258. The zero-order valence-corrected chi connectivity index (χ0v) is 10.1. The first-order valence-electron chi connectivity index (χ1n) is 6.00. The molecule has 2 rings (SSSR count). The van der Waals surface area contributed by atoms with Crippen LogP contribution in [0.25, 0.3) is 0 Å². The average molecular weight is 238 g/mol. The second kappa shape index (κ2) is 4.73. The van der Waals surface area contributed by atoms with E-state index in [9.17, 15) is 9.59 Å². The standard InChI is InChI=1S/C11H18N4O2/c1-6-3-7(2)5-8(4-6)12-9-10(16)13-11(17)15-14-9/h6-8H,3-5H2,1-2H3,(H,12,14)(H2,13,15,16,17). The predicted molar refractivity (Wildman–Crippen MR) is 65.1 cm³/mol. The Hall–Kier alpha value is -1.59. The van der Waals surface area contributed by atoms with E-state index >= 15 is 0 Å². The van der Waals surface area contributed by atoms with Crippen LogP contribution in [0.2, 0.25) is 0 Å². The van der Waals surface area contributed by atoms with Crippen LogP contribution in [0.15, 0.2) is 9.59 Å². The molecule has 1 heterocycles. The van der Waals surface area contributed by atoms with Crippen molar-refractivity contribution in [3.8, 4) is 0 Å². The van der Waals surface area contributed by atoms with Crippen LogP contribution in [0.3, 0.4) is 0 Å². The smallest absolute Gasteiger partial charge is 0.342 e. The van der Waals surface area contributed by atoms with E-state index in [4.69, 9.17) is 0 Å². The van der Waals surface area contributed by atoms with Gasteiger partial charge >= 0.3 is 5.69 Å². The molecule has 1 aliphatic carbocycles. The van der Waals surface area contributed by atoms with Gasteiger partial charge in [-0.2, -0.15) is 0 Å². The van der Waals surface area contributed by atoms with Crippen molar-refractivity contribution >= 4 is 5.82 Å². The summed E-state index contributed by atoms with van der Waals surface area (Å²) >= 11 is 0. The molecule has 1 aromatic rings. The minimum atomic E-state index is -0.578. The largest absolute Gasteiger partial charge is 0.361 e. The fourth-order valence-electron chi connectivity index (χ4n) is 2.70. The van der Waals surface area contributed by atoms with E-state index in [0.717, 1.165) is 12.8 Å². The lowest BCUT2D eigenvalue weighted by Gasteiger charge is -2.31. The summed E-state index contributed by atoms with van der Waals surface area (Å²) in [7, 11) is 0. The third-order valence-electron chi connectivity index (χ3n) is 3.23. The Labute approximate surface area is 98.8 Å². The Morgan fingerprint density at radius 3 is 2.41 bits per heavy atom. The van der Waals surface area contributed by atoms with Gasteiger partial charge < -0.3 is 5.32 Å². The van der Waals surface area contributed by atoms with Crippen LogP contribution in [0, 0.1) is 11.8 Å². The van der Waals surface area contributed by atoms with Gasteiger partial charge in [0.15, 0.2) is 0 Å². The van der Waals surface area contributed by atoms with Gasteiger partial charge in [-0.15, -0.1) is 5.10 Å². The lowest BCUT2D eigenvalue weighted by atomic mass is 9.80. The quantitative estimate of drug-likeness (QED) is 0.707. The first-order valence-corrected chi connectivity index (χ1v) is 6.00. The highest BCUT2D eigenvalue weighted by Crippen LogP contribution is 2.29. The van der Waals surface area contributed by atoms with E-state index in [-0.39, 0.29) is 11.9 Å². The summed E-state index contributed by atoms with van der Waals surface area (Å²) in [6.07, 6.45) is 3.29. The molecule has 94 valence electrons. The summed E-state index contributed by atoms with van der Waals surface area (Å²) < 4.78 is 0. The minimum absolute atomic E-state index is 0.205. The third-order valence-corrected chi connectivity index (χ3v) is 3.23. The lowest BCUT2D eigenvalue weighted by Crippen LogP contribution is -2.35. The third kappa shape index (κ3) is 2.95. The number of aromatic amines is 2. The normalized spacial score (nSPS) is 28.9. The maximum absolute atomic E-state index is 11.5. The second-order valence-electron chi connectivity index (χ2n) is 5.11. The van der Waals surface area contributed by atoms with Crippen LogP contribution in [0.1, 0.15) is 33.1 Å². The van der Waals surface area contributed by atoms with Gasteiger partial charge in [-0.25, -0.2) is 9.89 Å². The summed E-state index contributed by atoms with van der Waals surface area (Å²) in [5.41, 5.74) is -1.04. The molecule has 0 amide bonds. The van der Waals surface area contributed by atoms with E-state index in [1.54, 1.807) is 0 Å². The first kappa shape index (κ1) is 11.9. The summed E-state index contributed by atoms with van der Waals surface area (Å²) in [4.78, 5) is 24.5. The molecule has 0 aliphatic heterocycles. The van der Waals surface area contributed by atoms with Crippen molar-refractivity contribution < 1.29 is 0 Å². The molecule has 1 aliphatic rings. The Morgan fingerprint density at radius 1 is 1.18 bits per heavy atom. The maximum atomic E-state index is 11.5. The second-order valence-corrected chi connectivity index (χ2v) is 5.11. The summed E-state index contributed by atoms with van der Waals surface area (Å²) in [5, 5.41) is 9.07. The van der Waals surface area contributed by atoms with Gasteiger partial charge in [0.2, 0.25) is 5.82 Å². The van der Waals surface area contributed by atoms with Crippen molar-refractivity contribution in [2.75, 3.05) is 5.32 Å². The van der Waals surface area contributed by atoms with Crippen LogP contribution in [0.4, 0.5) is 5.82 Å². The number of nitrogens with one attached hydrogen (secondary N) is 3. The minimum Gasteiger partial charge on any atom is -0.361 e. The van der Waals surface area contributed by atoms with E-state index in [0.29, 0.717) is 11.8 Å². The van der Waals surface area contributed by atoms with E-state index in [1.165, 1.54) is 6.42 Å². The van der Waals surface area contributed by atoms with Gasteiger partial charge in [0.05, 0.1) is 0 Å². The van der Waals surface area contributed by atoms with Crippen molar-refractivity contribution in [3.63, 3.8) is 0 Å². The number of hydrogen-bond donors (Lipinski definition) is 3. The SMILES string of the molecule is CC1CC(C)CC(Nc2n[nH]c(=O)[nH]c2=O)C1. The van der Waals surface area contributed by atoms with Crippen LogP contribution >= 0.6 is 0 Å². The van der Waals surface area contributed by atoms with Crippen LogP contribution in [-0.4, -0.2) is 21.2 Å². The topological polar surface area (TPSA) is 90.6 Å². The van der Waals surface area contributed by atoms with Crippen LogP contribution < -0.4 is 16.6 Å². The Kier molecular flexibility index (Phi) is 3.31. The lowest BCUT2D eigenvalue weighted by molar-refractivity contribution is 0.280. The summed E-state index contributed by atoms with van der Waals surface area (Å²) in [5.74, 6) is 1.51. The zero-order chi connectivity index (χ0) is 12.4. The van der Waals surface area contributed by atoms with Gasteiger partial charge in [0.1, 0.15) is 0 Å². The highest BCUT2D eigenvalue weighted by atomic mass is 16.2. The molecule has 6 nitrogen and oxygen atoms in total. The molecule has 6 heteroatoms. The van der Waals surface area contributed by atoms with Crippen LogP contribution in [0.5, 0.6) is 0 Å². The fourth-order valence-corrected chi connectivity index (χ4v) is 2.70. The molecule has 3 N–H and O–H groups in total. The molecule has 1 fully saturated rings. The molecule has 0 radical (unpaired) electrons. The first-order chi connectivity index (χ1) is 8.04. The molecule has 0 saturated heterocycles. The molecule has 17 heavy (non-hydrogen) atoms. The summed E-state index contributed by atoms with van der Waals surface area (Å²) in [6.45, 7) is 4.43. The Morgan fingerprint density at radius 2 is 1.82 bits per heavy atom. The molecule has 1 saturated carbocycles. The van der Waals surface area contributed by atoms with Gasteiger partial charge in [0, 0.05) is 6.04 Å². The molecule has 0 bridgehead atoms. The van der Waals surface area contributed by atoms with Gasteiger partial charge in [-0.1, -0.05) is 13.8 Å². The highest BCUT2D eigenvalue weighted by molar-refractivity contribution is 5.30. The fraction of sp³-hybridized carbons (Fsp3) is 0.727. The number of aromatic nitrogens is 3. The maximum Gasteiger partial charge on any atom is 0.342 e. The molecule has 1 aromatic heterocycles. The van der Waals surface area contributed by atoms with E-state index in [1.807, 2.05) is 0 Å². The number of H-pyrrole nitrogens is 2. The monoisotopic (exact) mass is 238 g/mol. The zero-order valence-electron chi connectivity index (χ0n) is 10.1. The predicted octanol–water partition coefficient (Wildman–Crippen LogP) is 0.695. The molecule has 2 unspecified atom stereocenters. The van der Waals surface area contributed by atoms with Gasteiger partial charge in [-0.05, 0) is 31.1 Å². The Bertz CT molecular complexity index is 483. The van der Waals surface area contributed by atoms with Crippen molar-refractivity contribution in [2.45, 2.75) is 39.2 Å². The van der Waals surface area contributed by atoms with Crippen LogP contribution in [-0.2, 0) is 0 Å². The van der Waals surface area contributed by atoms with Crippen molar-refractivity contribution in [1.29, 1.82) is 0 Å². The van der Waals surface area contributed by atoms with Gasteiger partial charge in [-0.3, -0.25) is 9.78 Å². The van der Waals surface area contributed by atoms with Crippen molar-refractivity contribution in [3.05, 3.63) is 20.8 Å². The number of nitrogens with zero attached hydrogens (tertiary/aromatic N) is 1. The average Bonchev–Trinajstić information content (AvgIpc) is 2.21. The molecular formula is C11H18N4O2. The van der Waals surface area contributed by atoms with Crippen molar-refractivity contribution in [2.24, 2.45) is 11.8 Å². The highest BCUT2D eigenvalue weighted by Gasteiger charge is 2.24.